The van der Waals surface area contributed by atoms with Crippen molar-refractivity contribution >= 4 is 32.2 Å². The molecule has 168 valence electrons. The highest BCUT2D eigenvalue weighted by Gasteiger charge is 2.30. The van der Waals surface area contributed by atoms with Crippen molar-refractivity contribution in [1.82, 2.24) is 4.98 Å². The first-order chi connectivity index (χ1) is 15.4. The fourth-order valence-corrected chi connectivity index (χ4v) is 6.64. The summed E-state index contributed by atoms with van der Waals surface area (Å²) in [6.45, 7) is 0.305. The maximum atomic E-state index is 13.3. The normalized spacial score (nSPS) is 14.5. The van der Waals surface area contributed by atoms with E-state index in [0.717, 1.165) is 24.0 Å². The van der Waals surface area contributed by atoms with Crippen molar-refractivity contribution in [2.24, 2.45) is 0 Å². The van der Waals surface area contributed by atoms with Crippen molar-refractivity contribution in [2.75, 3.05) is 10.7 Å². The second-order valence-electron chi connectivity index (χ2n) is 8.01. The molecule has 8 heteroatoms. The van der Waals surface area contributed by atoms with Gasteiger partial charge in [0.05, 0.1) is 23.2 Å². The van der Waals surface area contributed by atoms with Crippen LogP contribution in [0.1, 0.15) is 37.7 Å². The van der Waals surface area contributed by atoms with Crippen LogP contribution in [-0.4, -0.2) is 30.3 Å². The number of carbonyl (C=O) groups excluding carboxylic acids is 1. The van der Waals surface area contributed by atoms with Crippen LogP contribution in [0.4, 0.5) is 9.52 Å². The summed E-state index contributed by atoms with van der Waals surface area (Å²) in [4.78, 5) is 19.3. The molecule has 1 aromatic heterocycles. The molecule has 1 heterocycles. The second-order valence-corrected chi connectivity index (χ2v) is 11.2. The zero-order valence-corrected chi connectivity index (χ0v) is 19.2. The summed E-state index contributed by atoms with van der Waals surface area (Å²) in [5.74, 6) is -0.734. The molecule has 1 aliphatic carbocycles. The number of sulfone groups is 1. The topological polar surface area (TPSA) is 67.3 Å². The summed E-state index contributed by atoms with van der Waals surface area (Å²) >= 11 is 1.31. The highest BCUT2D eigenvalue weighted by Crippen LogP contribution is 2.30. The molecule has 0 bridgehead atoms. The predicted molar refractivity (Wildman–Crippen MR) is 126 cm³/mol. The number of rotatable bonds is 8. The molecule has 4 rings (SSSR count). The molecule has 5 nitrogen and oxygen atoms in total. The number of carbonyl (C=O) groups is 1. The zero-order valence-electron chi connectivity index (χ0n) is 17.6. The quantitative estimate of drug-likeness (QED) is 0.450. The zero-order chi connectivity index (χ0) is 22.6. The second kappa shape index (κ2) is 9.92. The fourth-order valence-electron chi connectivity index (χ4n) is 3.95. The lowest BCUT2D eigenvalue weighted by molar-refractivity contribution is -0.118. The van der Waals surface area contributed by atoms with Crippen LogP contribution in [0.2, 0.25) is 0 Å². The first-order valence-corrected chi connectivity index (χ1v) is 13.3. The summed E-state index contributed by atoms with van der Waals surface area (Å²) in [7, 11) is -3.29. The first kappa shape index (κ1) is 22.6. The van der Waals surface area contributed by atoms with E-state index in [9.17, 15) is 17.6 Å². The molecule has 0 aliphatic heterocycles. The molecule has 2 aromatic carbocycles. The van der Waals surface area contributed by atoms with E-state index in [1.54, 1.807) is 17.0 Å². The van der Waals surface area contributed by atoms with Crippen LogP contribution in [0, 0.1) is 5.82 Å². The SMILES string of the molecule is O=C(CCS(=O)(=O)C1CCCC1)N(Cc1ccccc1)c1nc(-c2ccc(F)cc2)cs1. The smallest absolute Gasteiger partial charge is 0.230 e. The van der Waals surface area contributed by atoms with E-state index in [2.05, 4.69) is 4.98 Å². The number of hydrogen-bond acceptors (Lipinski definition) is 5. The summed E-state index contributed by atoms with van der Waals surface area (Å²) in [6, 6.07) is 15.6. The Morgan fingerprint density at radius 3 is 2.44 bits per heavy atom. The average Bonchev–Trinajstić information content (AvgIpc) is 3.50. The van der Waals surface area contributed by atoms with Gasteiger partial charge in [0.2, 0.25) is 5.91 Å². The van der Waals surface area contributed by atoms with Gasteiger partial charge in [-0.2, -0.15) is 0 Å². The van der Waals surface area contributed by atoms with Crippen LogP contribution in [0.5, 0.6) is 0 Å². The van der Waals surface area contributed by atoms with Gasteiger partial charge in [-0.05, 0) is 42.7 Å². The summed E-state index contributed by atoms with van der Waals surface area (Å²) in [5, 5.41) is 2.00. The van der Waals surface area contributed by atoms with E-state index in [4.69, 9.17) is 0 Å². The third-order valence-corrected chi connectivity index (χ3v) is 8.88. The molecular formula is C24H25FN2O3S2. The lowest BCUT2D eigenvalue weighted by Crippen LogP contribution is -2.33. The Hall–Kier alpha value is -2.58. The van der Waals surface area contributed by atoms with Crippen molar-refractivity contribution in [3.05, 3.63) is 71.4 Å². The van der Waals surface area contributed by atoms with E-state index in [-0.39, 0.29) is 29.1 Å². The van der Waals surface area contributed by atoms with Gasteiger partial charge in [0.1, 0.15) is 5.82 Å². The van der Waals surface area contributed by atoms with Crippen LogP contribution in [0.15, 0.2) is 60.0 Å². The molecule has 0 N–H and O–H groups in total. The van der Waals surface area contributed by atoms with Crippen molar-refractivity contribution in [1.29, 1.82) is 0 Å². The standard InChI is InChI=1S/C24H25FN2O3S2/c25-20-12-10-19(11-13-20)22-17-31-24(26-22)27(16-18-6-2-1-3-7-18)23(28)14-15-32(29,30)21-8-4-5-9-21/h1-3,6-7,10-13,17,21H,4-5,8-9,14-16H2. The third-order valence-electron chi connectivity index (χ3n) is 5.76. The van der Waals surface area contributed by atoms with E-state index in [0.29, 0.717) is 30.2 Å². The van der Waals surface area contributed by atoms with Gasteiger partial charge in [0.15, 0.2) is 15.0 Å². The van der Waals surface area contributed by atoms with Gasteiger partial charge in [-0.3, -0.25) is 9.69 Å². The Labute approximate surface area is 191 Å². The molecule has 1 amide bonds. The molecule has 1 aliphatic rings. The molecule has 0 saturated heterocycles. The largest absolute Gasteiger partial charge is 0.284 e. The van der Waals surface area contributed by atoms with Crippen LogP contribution in [0.25, 0.3) is 11.3 Å². The van der Waals surface area contributed by atoms with Gasteiger partial charge in [0, 0.05) is 17.4 Å². The fraction of sp³-hybridized carbons (Fsp3) is 0.333. The lowest BCUT2D eigenvalue weighted by atomic mass is 10.2. The highest BCUT2D eigenvalue weighted by atomic mass is 32.2. The van der Waals surface area contributed by atoms with E-state index in [1.807, 2.05) is 35.7 Å². The van der Waals surface area contributed by atoms with Crippen LogP contribution >= 0.6 is 11.3 Å². The van der Waals surface area contributed by atoms with E-state index >= 15 is 0 Å². The van der Waals surface area contributed by atoms with Crippen LogP contribution in [-0.2, 0) is 21.2 Å². The number of benzene rings is 2. The van der Waals surface area contributed by atoms with Crippen molar-refractivity contribution in [3.8, 4) is 11.3 Å². The lowest BCUT2D eigenvalue weighted by Gasteiger charge is -2.21. The Bertz CT molecular complexity index is 1160. The van der Waals surface area contributed by atoms with E-state index in [1.165, 1.54) is 23.5 Å². The van der Waals surface area contributed by atoms with Crippen LogP contribution in [0.3, 0.4) is 0 Å². The Kier molecular flexibility index (Phi) is 7.01. The summed E-state index contributed by atoms with van der Waals surface area (Å²) in [5.41, 5.74) is 2.33. The molecule has 0 unspecified atom stereocenters. The molecular weight excluding hydrogens is 447 g/mol. The van der Waals surface area contributed by atoms with Crippen molar-refractivity contribution in [2.45, 2.75) is 43.9 Å². The summed E-state index contributed by atoms with van der Waals surface area (Å²) in [6.07, 6.45) is 3.18. The molecule has 0 radical (unpaired) electrons. The number of anilines is 1. The molecule has 1 saturated carbocycles. The van der Waals surface area contributed by atoms with Gasteiger partial charge in [-0.25, -0.2) is 17.8 Å². The van der Waals surface area contributed by atoms with Crippen LogP contribution < -0.4 is 4.90 Å². The van der Waals surface area contributed by atoms with Gasteiger partial charge in [-0.15, -0.1) is 11.3 Å². The number of thiazole rings is 1. The van der Waals surface area contributed by atoms with Gasteiger partial charge in [-0.1, -0.05) is 43.2 Å². The molecule has 1 fully saturated rings. The Morgan fingerprint density at radius 2 is 1.75 bits per heavy atom. The molecule has 32 heavy (non-hydrogen) atoms. The highest BCUT2D eigenvalue weighted by molar-refractivity contribution is 7.92. The number of halogens is 1. The number of aromatic nitrogens is 1. The van der Waals surface area contributed by atoms with E-state index < -0.39 is 9.84 Å². The average molecular weight is 473 g/mol. The number of hydrogen-bond donors (Lipinski definition) is 0. The Morgan fingerprint density at radius 1 is 1.06 bits per heavy atom. The monoisotopic (exact) mass is 472 g/mol. The van der Waals surface area contributed by atoms with Gasteiger partial charge in [0.25, 0.3) is 0 Å². The van der Waals surface area contributed by atoms with Gasteiger partial charge < -0.3 is 0 Å². The number of amides is 1. The molecule has 3 aromatic rings. The predicted octanol–water partition coefficient (Wildman–Crippen LogP) is 5.23. The molecule has 0 atom stereocenters. The third kappa shape index (κ3) is 5.42. The Balaban J connectivity index is 1.54. The minimum Gasteiger partial charge on any atom is -0.284 e. The minimum atomic E-state index is -3.29. The maximum Gasteiger partial charge on any atom is 0.230 e. The summed E-state index contributed by atoms with van der Waals surface area (Å²) < 4.78 is 38.6. The minimum absolute atomic E-state index is 0.0723. The maximum absolute atomic E-state index is 13.3. The number of nitrogens with zero attached hydrogens (tertiary/aromatic N) is 2. The first-order valence-electron chi connectivity index (χ1n) is 10.7. The van der Waals surface area contributed by atoms with Crippen molar-refractivity contribution < 1.29 is 17.6 Å². The van der Waals surface area contributed by atoms with Gasteiger partial charge >= 0.3 is 0 Å². The molecule has 0 spiro atoms. The van der Waals surface area contributed by atoms with Crippen molar-refractivity contribution in [3.63, 3.8) is 0 Å².